The Kier molecular flexibility index (Phi) is 3.29. The van der Waals surface area contributed by atoms with Crippen molar-refractivity contribution in [1.82, 2.24) is 0 Å². The molecule has 0 amide bonds. The molecule has 0 heterocycles. The molecular formula is C9H5Cl3. The van der Waals surface area contributed by atoms with Crippen molar-refractivity contribution < 1.29 is 0 Å². The van der Waals surface area contributed by atoms with Crippen LogP contribution in [0.25, 0.3) is 0 Å². The molecule has 0 aliphatic carbocycles. The first-order valence-electron chi connectivity index (χ1n) is 3.23. The van der Waals surface area contributed by atoms with Gasteiger partial charge < -0.3 is 0 Å². The Labute approximate surface area is 86.4 Å². The van der Waals surface area contributed by atoms with E-state index in [4.69, 9.17) is 34.8 Å². The third-order valence-electron chi connectivity index (χ3n) is 1.12. The highest BCUT2D eigenvalue weighted by molar-refractivity contribution is 6.69. The smallest absolute Gasteiger partial charge is 0.0697 e. The average Bonchev–Trinajstić information content (AvgIpc) is 2.02. The summed E-state index contributed by atoms with van der Waals surface area (Å²) < 4.78 is -1.49. The molecule has 0 saturated carbocycles. The van der Waals surface area contributed by atoms with Gasteiger partial charge in [0.1, 0.15) is 0 Å². The van der Waals surface area contributed by atoms with Crippen molar-refractivity contribution in [3.8, 4) is 11.8 Å². The molecule has 1 aromatic rings. The van der Waals surface area contributed by atoms with Crippen LogP contribution in [0.5, 0.6) is 0 Å². The first-order valence-corrected chi connectivity index (χ1v) is 4.36. The SMILES string of the molecule is ClC(Cl)(Cl)C#Cc1ccccc1. The van der Waals surface area contributed by atoms with Crippen molar-refractivity contribution in [3.05, 3.63) is 35.9 Å². The van der Waals surface area contributed by atoms with Crippen molar-refractivity contribution in [2.75, 3.05) is 0 Å². The molecule has 3 heteroatoms. The lowest BCUT2D eigenvalue weighted by atomic mass is 10.2. The van der Waals surface area contributed by atoms with Crippen molar-refractivity contribution in [2.45, 2.75) is 3.79 Å². The fourth-order valence-electron chi connectivity index (χ4n) is 0.665. The van der Waals surface area contributed by atoms with Crippen LogP contribution in [0.2, 0.25) is 0 Å². The second-order valence-electron chi connectivity index (χ2n) is 2.11. The van der Waals surface area contributed by atoms with Crippen LogP contribution in [0.3, 0.4) is 0 Å². The Balaban J connectivity index is 2.81. The van der Waals surface area contributed by atoms with Gasteiger partial charge in [-0.1, -0.05) is 58.9 Å². The summed E-state index contributed by atoms with van der Waals surface area (Å²) in [4.78, 5) is 0. The Bertz CT molecular complexity index is 300. The van der Waals surface area contributed by atoms with Gasteiger partial charge in [-0.25, -0.2) is 0 Å². The minimum atomic E-state index is -1.49. The molecule has 0 nitrogen and oxygen atoms in total. The summed E-state index contributed by atoms with van der Waals surface area (Å²) in [5.74, 6) is 5.22. The molecule has 0 bridgehead atoms. The zero-order chi connectivity index (χ0) is 9.03. The normalized spacial score (nSPS) is 10.2. The second-order valence-corrected chi connectivity index (χ2v) is 4.40. The zero-order valence-corrected chi connectivity index (χ0v) is 8.29. The molecule has 0 aliphatic rings. The first kappa shape index (κ1) is 9.74. The first-order chi connectivity index (χ1) is 5.58. The third-order valence-corrected chi connectivity index (χ3v) is 1.41. The summed E-state index contributed by atoms with van der Waals surface area (Å²) in [5, 5.41) is 0. The number of rotatable bonds is 0. The highest BCUT2D eigenvalue weighted by Gasteiger charge is 2.13. The summed E-state index contributed by atoms with van der Waals surface area (Å²) in [5.41, 5.74) is 0.837. The molecule has 12 heavy (non-hydrogen) atoms. The second kappa shape index (κ2) is 4.05. The van der Waals surface area contributed by atoms with Gasteiger partial charge in [-0.05, 0) is 18.1 Å². The summed E-state index contributed by atoms with van der Waals surface area (Å²) in [6, 6.07) is 9.36. The molecule has 0 N–H and O–H groups in total. The van der Waals surface area contributed by atoms with Gasteiger partial charge in [0.05, 0.1) is 0 Å². The fraction of sp³-hybridized carbons (Fsp3) is 0.111. The minimum absolute atomic E-state index is 0.837. The maximum atomic E-state index is 5.44. The van der Waals surface area contributed by atoms with E-state index in [0.717, 1.165) is 5.56 Å². The maximum Gasteiger partial charge on any atom is 0.252 e. The van der Waals surface area contributed by atoms with E-state index in [1.165, 1.54) is 0 Å². The Morgan fingerprint density at radius 3 is 2.08 bits per heavy atom. The standard InChI is InChI=1S/C9H5Cl3/c10-9(11,12)7-6-8-4-2-1-3-5-8/h1-5H. The van der Waals surface area contributed by atoms with E-state index in [2.05, 4.69) is 11.8 Å². The van der Waals surface area contributed by atoms with Crippen molar-refractivity contribution in [3.63, 3.8) is 0 Å². The summed E-state index contributed by atoms with van der Waals surface area (Å²) in [6.45, 7) is 0. The fourth-order valence-corrected chi connectivity index (χ4v) is 0.806. The number of hydrogen-bond donors (Lipinski definition) is 0. The van der Waals surface area contributed by atoms with Gasteiger partial charge in [-0.2, -0.15) is 0 Å². The lowest BCUT2D eigenvalue weighted by molar-refractivity contribution is 1.55. The van der Waals surface area contributed by atoms with Gasteiger partial charge in [-0.15, -0.1) is 0 Å². The Morgan fingerprint density at radius 1 is 1.00 bits per heavy atom. The highest BCUT2D eigenvalue weighted by atomic mass is 35.6. The van der Waals surface area contributed by atoms with Gasteiger partial charge in [0, 0.05) is 5.56 Å². The van der Waals surface area contributed by atoms with Crippen LogP contribution in [-0.4, -0.2) is 3.79 Å². The lowest BCUT2D eigenvalue weighted by Crippen LogP contribution is -1.94. The van der Waals surface area contributed by atoms with Gasteiger partial charge in [0.2, 0.25) is 0 Å². The molecule has 0 spiro atoms. The minimum Gasteiger partial charge on any atom is -0.0697 e. The highest BCUT2D eigenvalue weighted by Crippen LogP contribution is 2.24. The summed E-state index contributed by atoms with van der Waals surface area (Å²) in [6.07, 6.45) is 0. The molecule has 0 radical (unpaired) electrons. The topological polar surface area (TPSA) is 0 Å². The van der Waals surface area contributed by atoms with Crippen molar-refractivity contribution in [1.29, 1.82) is 0 Å². The molecule has 0 atom stereocenters. The largest absolute Gasteiger partial charge is 0.252 e. The maximum absolute atomic E-state index is 5.44. The van der Waals surface area contributed by atoms with E-state index in [1.54, 1.807) is 0 Å². The van der Waals surface area contributed by atoms with E-state index >= 15 is 0 Å². The molecule has 0 saturated heterocycles. The van der Waals surface area contributed by atoms with Gasteiger partial charge in [0.25, 0.3) is 3.79 Å². The monoisotopic (exact) mass is 218 g/mol. The van der Waals surface area contributed by atoms with Gasteiger partial charge in [0.15, 0.2) is 0 Å². The summed E-state index contributed by atoms with van der Waals surface area (Å²) >= 11 is 16.3. The molecule has 1 rings (SSSR count). The van der Waals surface area contributed by atoms with Crippen LogP contribution >= 0.6 is 34.8 Å². The predicted octanol–water partition coefficient (Wildman–Crippen LogP) is 3.41. The molecule has 1 aromatic carbocycles. The van der Waals surface area contributed by atoms with E-state index in [9.17, 15) is 0 Å². The quantitative estimate of drug-likeness (QED) is 0.463. The van der Waals surface area contributed by atoms with Crippen LogP contribution in [0.1, 0.15) is 5.56 Å². The molecule has 0 aromatic heterocycles. The lowest BCUT2D eigenvalue weighted by Gasteiger charge is -1.97. The Morgan fingerprint density at radius 2 is 1.58 bits per heavy atom. The summed E-state index contributed by atoms with van der Waals surface area (Å²) in [7, 11) is 0. The van der Waals surface area contributed by atoms with E-state index in [0.29, 0.717) is 0 Å². The van der Waals surface area contributed by atoms with E-state index in [-0.39, 0.29) is 0 Å². The number of alkyl halides is 3. The van der Waals surface area contributed by atoms with Crippen molar-refractivity contribution in [2.24, 2.45) is 0 Å². The van der Waals surface area contributed by atoms with Crippen LogP contribution in [0, 0.1) is 11.8 Å². The molecule has 0 unspecified atom stereocenters. The van der Waals surface area contributed by atoms with E-state index < -0.39 is 3.79 Å². The van der Waals surface area contributed by atoms with Crippen LogP contribution < -0.4 is 0 Å². The van der Waals surface area contributed by atoms with Gasteiger partial charge in [-0.3, -0.25) is 0 Å². The van der Waals surface area contributed by atoms with Crippen LogP contribution in [-0.2, 0) is 0 Å². The number of benzene rings is 1. The van der Waals surface area contributed by atoms with Crippen molar-refractivity contribution >= 4 is 34.8 Å². The van der Waals surface area contributed by atoms with E-state index in [1.807, 2.05) is 30.3 Å². The molecular weight excluding hydrogens is 214 g/mol. The predicted molar refractivity (Wildman–Crippen MR) is 53.6 cm³/mol. The van der Waals surface area contributed by atoms with Crippen LogP contribution in [0.4, 0.5) is 0 Å². The molecule has 62 valence electrons. The zero-order valence-electron chi connectivity index (χ0n) is 6.02. The molecule has 0 fully saturated rings. The van der Waals surface area contributed by atoms with Gasteiger partial charge >= 0.3 is 0 Å². The third kappa shape index (κ3) is 3.88. The Hall–Kier alpha value is -0.350. The average molecular weight is 219 g/mol. The number of hydrogen-bond acceptors (Lipinski definition) is 0. The number of halogens is 3. The van der Waals surface area contributed by atoms with Crippen LogP contribution in [0.15, 0.2) is 30.3 Å². The molecule has 0 aliphatic heterocycles.